The van der Waals surface area contributed by atoms with E-state index in [2.05, 4.69) is 84.9 Å². The van der Waals surface area contributed by atoms with Crippen molar-refractivity contribution in [2.75, 3.05) is 102 Å². The van der Waals surface area contributed by atoms with Crippen LogP contribution in [0.5, 0.6) is 0 Å². The Bertz CT molecular complexity index is 6430. The van der Waals surface area contributed by atoms with Crippen molar-refractivity contribution >= 4 is 126 Å². The second-order valence-electron chi connectivity index (χ2n) is 40.1. The molecule has 16 rings (SSSR count). The van der Waals surface area contributed by atoms with Gasteiger partial charge in [0.25, 0.3) is 23.6 Å². The highest BCUT2D eigenvalue weighted by atomic mass is 35.5. The summed E-state index contributed by atoms with van der Waals surface area (Å²) in [6, 6.07) is 30.8. The number of benzene rings is 6. The Morgan fingerprint density at radius 2 is 1.02 bits per heavy atom. The van der Waals surface area contributed by atoms with Gasteiger partial charge in [0.2, 0.25) is 23.6 Å². The van der Waals surface area contributed by atoms with Crippen molar-refractivity contribution in [2.45, 2.75) is 202 Å². The number of carbonyl (C=O) groups is 10. The first-order chi connectivity index (χ1) is 69.4. The Morgan fingerprint density at radius 3 is 1.48 bits per heavy atom. The summed E-state index contributed by atoms with van der Waals surface area (Å²) in [4.78, 5) is 168. The molecule has 35 heteroatoms. The molecule has 4 fully saturated rings. The van der Waals surface area contributed by atoms with Crippen LogP contribution in [0, 0.1) is 79.8 Å². The molecule has 0 radical (unpaired) electrons. The number of hydrogen-bond donors (Lipinski definition) is 7. The van der Waals surface area contributed by atoms with Gasteiger partial charge in [0.1, 0.15) is 41.6 Å². The molecule has 0 aliphatic carbocycles. The molecule has 0 spiro atoms. The van der Waals surface area contributed by atoms with E-state index in [1.54, 1.807) is 71.0 Å². The van der Waals surface area contributed by atoms with E-state index < -0.39 is 88.5 Å². The summed E-state index contributed by atoms with van der Waals surface area (Å²) in [6.07, 6.45) is 5.24. The number of hydrogen-bond acceptors (Lipinski definition) is 24. The standard InChI is InChI=1S/C54H62FN9O6S2.C29H30FN5O2S.C27H35ClN2O4S/c1-33-14-19-40(55)27-42(33)46(50(68)60-53-56-20-26-71-53)64-29-39-13-10-12-37(45(39)51(64)69)11-8-7-9-21-61-22-24-62(25-23-61)31-44(66)59-48(54(4,5)6)52(70)63-30-41(65)28-43(63)49(67)58-34(2)36-15-17-38(18-16-36)47-35(3)57-32-72-47;1-20-9-10-23(30)18-24(20)26(27(36)33-29-32-13-17-38-29)35-19-22-8-5-7-21(25(22)28(35)37)6-3-2-4-14-34-15-11-31-12-16-34;1-16(18-6-8-19(9-7-18)25-17(2)29-15-35-25)10-24(33)23-12-21(32)14-30(23)26(34)22(27(3,4)5)11-20(31)13-28/h10,12-20,26-27,32,34,41,43,46,48,65H,7,9,21-25,28-31H2,1-6H3,(H,58,67)(H,59,66)(H,56,60,68);5,7-10,13,17-18,26,31H,2,4,11-12,14-16,19H2,1H3,(H,32,33,36);6-9,15-16,21-23,32H,10-14H2,1-5H3/t34-,41+,43-,46?,48+;;16-,21-,22-,23+/m0.1/s1. The average molecular weight is 2070 g/mol. The molecule has 10 atom stereocenters. The minimum Gasteiger partial charge on any atom is -0.391 e. The fourth-order valence-electron chi connectivity index (χ4n) is 19.4. The number of anilines is 2. The highest BCUT2D eigenvalue weighted by Crippen LogP contribution is 2.42. The van der Waals surface area contributed by atoms with Crippen molar-refractivity contribution < 1.29 is 66.9 Å². The van der Waals surface area contributed by atoms with Crippen LogP contribution in [0.25, 0.3) is 20.9 Å². The average Bonchev–Trinajstić information content (AvgIpc) is 1.61. The summed E-state index contributed by atoms with van der Waals surface area (Å²) in [5, 5.41) is 40.4. The second kappa shape index (κ2) is 49.4. The molecule has 6 aromatic carbocycles. The van der Waals surface area contributed by atoms with Crippen molar-refractivity contribution in [3.05, 3.63) is 245 Å². The predicted molar refractivity (Wildman–Crippen MR) is 562 cm³/mol. The Kier molecular flexibility index (Phi) is 37.1. The van der Waals surface area contributed by atoms with E-state index >= 15 is 0 Å². The molecule has 4 saturated heterocycles. The molecule has 6 aliphatic heterocycles. The fourth-order valence-corrected chi connectivity index (χ4v) is 22.2. The zero-order valence-electron chi connectivity index (χ0n) is 83.9. The number of carbonyl (C=O) groups excluding carboxylic acids is 10. The predicted octanol–water partition coefficient (Wildman–Crippen LogP) is 15.4. The number of aromatic nitrogens is 4. The molecule has 0 saturated carbocycles. The number of aryl methyl sites for hydroxylation is 4. The topological polar surface area (TPSA) is 346 Å². The minimum absolute atomic E-state index is 0.00715. The lowest BCUT2D eigenvalue weighted by atomic mass is 9.77. The van der Waals surface area contributed by atoms with Crippen molar-refractivity contribution in [1.82, 2.24) is 70.2 Å². The first-order valence-corrected chi connectivity index (χ1v) is 53.3. The summed E-state index contributed by atoms with van der Waals surface area (Å²) < 4.78 is 28.9. The van der Waals surface area contributed by atoms with Gasteiger partial charge in [0.15, 0.2) is 16.0 Å². The maximum atomic E-state index is 14.6. The van der Waals surface area contributed by atoms with Gasteiger partial charge in [-0.15, -0.1) is 56.9 Å². The Labute approximate surface area is 867 Å². The number of Topliss-reactive ketones (excluding diaryl/α,β-unsaturated/α-hetero) is 2. The zero-order chi connectivity index (χ0) is 104. The highest BCUT2D eigenvalue weighted by Gasteiger charge is 2.49. The van der Waals surface area contributed by atoms with Gasteiger partial charge in [-0.3, -0.25) is 63.5 Å². The number of unbranched alkanes of at least 4 members (excludes halogenated alkanes) is 2. The molecule has 0 bridgehead atoms. The Balaban J connectivity index is 0.000000191. The third kappa shape index (κ3) is 27.6. The number of amides is 8. The molecule has 10 aromatic rings. The number of rotatable bonds is 31. The van der Waals surface area contributed by atoms with Crippen LogP contribution < -0.4 is 26.6 Å². The van der Waals surface area contributed by atoms with Crippen LogP contribution in [-0.2, 0) is 51.4 Å². The zero-order valence-corrected chi connectivity index (χ0v) is 87.9. The van der Waals surface area contributed by atoms with Gasteiger partial charge >= 0.3 is 0 Å². The quantitative estimate of drug-likeness (QED) is 0.0121. The van der Waals surface area contributed by atoms with Crippen LogP contribution in [0.2, 0.25) is 0 Å². The fraction of sp³-hybridized carbons (Fsp3) is 0.436. The van der Waals surface area contributed by atoms with Crippen LogP contribution >= 0.6 is 56.9 Å². The third-order valence-corrected chi connectivity index (χ3v) is 31.0. The molecule has 764 valence electrons. The molecular weight excluding hydrogens is 1940 g/mol. The van der Waals surface area contributed by atoms with Crippen LogP contribution in [0.3, 0.4) is 0 Å². The molecule has 8 amide bonds. The molecule has 2 unspecified atom stereocenters. The first-order valence-electron chi connectivity index (χ1n) is 49.2. The molecule has 6 aliphatic rings. The molecule has 4 aromatic heterocycles. The van der Waals surface area contributed by atoms with Gasteiger partial charge < -0.3 is 55.6 Å². The third-order valence-electron chi connectivity index (χ3n) is 27.4. The van der Waals surface area contributed by atoms with Crippen LogP contribution in [-0.4, -0.2) is 245 Å². The highest BCUT2D eigenvalue weighted by molar-refractivity contribution is 7.14. The monoisotopic (exact) mass is 2060 g/mol. The van der Waals surface area contributed by atoms with Crippen molar-refractivity contribution in [3.8, 4) is 44.6 Å². The van der Waals surface area contributed by atoms with Crippen LogP contribution in [0.4, 0.5) is 19.0 Å². The normalized spacial score (nSPS) is 18.2. The maximum absolute atomic E-state index is 14.6. The summed E-state index contributed by atoms with van der Waals surface area (Å²) in [7, 11) is 0. The van der Waals surface area contributed by atoms with Gasteiger partial charge in [-0.25, -0.2) is 28.7 Å². The van der Waals surface area contributed by atoms with E-state index in [1.165, 1.54) is 66.5 Å². The summed E-state index contributed by atoms with van der Waals surface area (Å²) in [6.45, 7) is 32.2. The van der Waals surface area contributed by atoms with E-state index in [0.717, 1.165) is 132 Å². The number of likely N-dealkylation sites (tertiary alicyclic amines) is 2. The van der Waals surface area contributed by atoms with E-state index in [9.17, 15) is 66.9 Å². The van der Waals surface area contributed by atoms with Crippen LogP contribution in [0.1, 0.15) is 219 Å². The molecule has 10 heterocycles. The van der Waals surface area contributed by atoms with Gasteiger partial charge in [-0.1, -0.05) is 157 Å². The van der Waals surface area contributed by atoms with Gasteiger partial charge in [-0.05, 0) is 169 Å². The lowest BCUT2D eigenvalue weighted by molar-refractivity contribution is -0.145. The smallest absolute Gasteiger partial charge is 0.256 e. The van der Waals surface area contributed by atoms with Crippen LogP contribution in [0.15, 0.2) is 156 Å². The number of nitrogens with one attached hydrogen (secondary N) is 5. The Hall–Kier alpha value is -12.0. The number of halogens is 3. The number of aliphatic hydroxyl groups excluding tert-OH is 2. The summed E-state index contributed by atoms with van der Waals surface area (Å²) in [5.41, 5.74) is 14.5. The largest absolute Gasteiger partial charge is 0.391 e. The number of fused-ring (bicyclic) bond motifs is 2. The number of thiazole rings is 4. The lowest BCUT2D eigenvalue weighted by Crippen LogP contribution is -2.59. The van der Waals surface area contributed by atoms with E-state index in [4.69, 9.17) is 11.6 Å². The Morgan fingerprint density at radius 1 is 0.552 bits per heavy atom. The lowest BCUT2D eigenvalue weighted by Gasteiger charge is -2.37. The summed E-state index contributed by atoms with van der Waals surface area (Å²) >= 11 is 11.4. The number of ketones is 2. The van der Waals surface area contributed by atoms with Crippen molar-refractivity contribution in [3.63, 3.8) is 0 Å². The van der Waals surface area contributed by atoms with Gasteiger partial charge in [0.05, 0.1) is 80.0 Å². The molecule has 145 heavy (non-hydrogen) atoms. The second-order valence-corrected chi connectivity index (χ2v) is 43.8. The first kappa shape index (κ1) is 109. The van der Waals surface area contributed by atoms with Crippen molar-refractivity contribution in [1.29, 1.82) is 0 Å². The summed E-state index contributed by atoms with van der Waals surface area (Å²) in [5.74, 6) is 8.01. The van der Waals surface area contributed by atoms with E-state index in [1.807, 2.05) is 166 Å². The molecule has 28 nitrogen and oxygen atoms in total. The number of piperazine rings is 2. The number of aliphatic hydroxyl groups is 2. The minimum atomic E-state index is -1.10. The number of alkyl halides is 1. The SMILES string of the molecule is Cc1ccc(F)cc1C(C(=O)Nc1nccs1)N1Cc2cccc(C#CCCCN3CCN(CC(=O)N[C@H](C(=O)N4C[C@H](O)C[C@H]4C(=O)N[C@@H](C)c4ccc(-c5scnc5C)cc4)C(C)(C)C)CC3)c2C1=O.Cc1ccc(F)cc1C(C(=O)Nc1nccs1)N1Cc2cccc(C#CCCCN3CCNCC3)c2C1=O.Cc1ncsc1-c1ccc([C@H](C)CC(=O)[C@@H]2C[C@@H](O)CN2C(=O)[C@@H](CC(=O)CCl)C(C)(C)C)cc1. The van der Waals surface area contributed by atoms with Gasteiger partial charge in [-0.2, -0.15) is 0 Å². The maximum Gasteiger partial charge on any atom is 0.256 e. The van der Waals surface area contributed by atoms with Crippen molar-refractivity contribution in [2.24, 2.45) is 16.7 Å². The van der Waals surface area contributed by atoms with E-state index in [0.29, 0.717) is 68.7 Å². The number of β-amino-alcohol motifs (C(OH)–C–C–N with tert-alkyl or cyclic N) is 2. The number of nitrogens with zero attached hydrogens (tertiary/aromatic N) is 11. The molecular formula is C110H127ClF2N16O12S4. The van der Waals surface area contributed by atoms with E-state index in [-0.39, 0.29) is 117 Å². The van der Waals surface area contributed by atoms with Gasteiger partial charge in [0, 0.05) is 157 Å². The molecule has 7 N–H and O–H groups in total.